The van der Waals surface area contributed by atoms with Crippen LogP contribution in [0.2, 0.25) is 0 Å². The average molecular weight is 185 g/mol. The van der Waals surface area contributed by atoms with Crippen molar-refractivity contribution in [1.82, 2.24) is 0 Å². The zero-order valence-corrected chi connectivity index (χ0v) is 8.40. The van der Waals surface area contributed by atoms with E-state index >= 15 is 0 Å². The molecule has 3 nitrogen and oxygen atoms in total. The van der Waals surface area contributed by atoms with Crippen molar-refractivity contribution in [2.45, 2.75) is 45.8 Å². The Hall–Kier alpha value is -0.590. The van der Waals surface area contributed by atoms with Crippen molar-refractivity contribution in [3.63, 3.8) is 0 Å². The second kappa shape index (κ2) is 6.88. The molecule has 0 aliphatic heterocycles. The van der Waals surface area contributed by atoms with Gasteiger partial charge in [-0.1, -0.05) is 33.1 Å². The van der Waals surface area contributed by atoms with E-state index in [2.05, 4.69) is 13.0 Å². The van der Waals surface area contributed by atoms with Crippen LogP contribution >= 0.6 is 0 Å². The van der Waals surface area contributed by atoms with Crippen LogP contribution in [-0.4, -0.2) is 16.5 Å². The second-order valence-electron chi connectivity index (χ2n) is 3.50. The van der Waals surface area contributed by atoms with E-state index in [0.29, 0.717) is 0 Å². The molecular formula is C10H19NO2. The first kappa shape index (κ1) is 12.4. The van der Waals surface area contributed by atoms with Crippen molar-refractivity contribution >= 4 is 0 Å². The highest BCUT2D eigenvalue weighted by Gasteiger charge is 2.21. The van der Waals surface area contributed by atoms with Gasteiger partial charge in [-0.15, -0.1) is 0 Å². The van der Waals surface area contributed by atoms with Crippen LogP contribution in [0.15, 0.2) is 0 Å². The van der Waals surface area contributed by atoms with Gasteiger partial charge in [0.15, 0.2) is 6.29 Å². The highest BCUT2D eigenvalue weighted by molar-refractivity contribution is 4.86. The number of nitriles is 1. The number of aliphatic hydroxyl groups excluding tert-OH is 1. The van der Waals surface area contributed by atoms with Crippen molar-refractivity contribution < 1.29 is 10.2 Å². The van der Waals surface area contributed by atoms with E-state index in [1.54, 1.807) is 6.92 Å². The number of rotatable bonds is 6. The fraction of sp³-hybridized carbons (Fsp3) is 0.900. The zero-order chi connectivity index (χ0) is 10.3. The lowest BCUT2D eigenvalue weighted by Gasteiger charge is -2.18. The van der Waals surface area contributed by atoms with Crippen LogP contribution < -0.4 is 0 Å². The molecule has 13 heavy (non-hydrogen) atoms. The van der Waals surface area contributed by atoms with Gasteiger partial charge in [-0.3, -0.25) is 0 Å². The molecule has 0 spiro atoms. The van der Waals surface area contributed by atoms with Gasteiger partial charge in [0.2, 0.25) is 0 Å². The molecule has 0 saturated carbocycles. The Morgan fingerprint density at radius 1 is 1.31 bits per heavy atom. The molecule has 76 valence electrons. The Morgan fingerprint density at radius 2 is 1.92 bits per heavy atom. The summed E-state index contributed by atoms with van der Waals surface area (Å²) in [6.45, 7) is 3.80. The number of aliphatic hydroxyl groups is 2. The highest BCUT2D eigenvalue weighted by atomic mass is 16.5. The smallest absolute Gasteiger partial charge is 0.155 e. The van der Waals surface area contributed by atoms with E-state index in [1.807, 2.05) is 0 Å². The summed E-state index contributed by atoms with van der Waals surface area (Å²) in [7, 11) is 0. The Bertz CT molecular complexity index is 163. The third kappa shape index (κ3) is 4.87. The molecule has 0 aromatic rings. The van der Waals surface area contributed by atoms with Gasteiger partial charge in [-0.25, -0.2) is 0 Å². The molecule has 0 aliphatic carbocycles. The van der Waals surface area contributed by atoms with Crippen molar-refractivity contribution in [3.05, 3.63) is 0 Å². The molecule has 0 bridgehead atoms. The maximum absolute atomic E-state index is 8.88. The number of nitrogens with zero attached hydrogens (tertiary/aromatic N) is 1. The van der Waals surface area contributed by atoms with Gasteiger partial charge < -0.3 is 10.2 Å². The molecule has 0 radical (unpaired) electrons. The predicted octanol–water partition coefficient (Wildman–Crippen LogP) is 1.65. The number of hydrogen-bond acceptors (Lipinski definition) is 3. The Balaban J connectivity index is 3.83. The molecule has 0 amide bonds. The van der Waals surface area contributed by atoms with Gasteiger partial charge in [-0.05, 0) is 6.42 Å². The molecule has 0 rings (SSSR count). The zero-order valence-electron chi connectivity index (χ0n) is 8.40. The van der Waals surface area contributed by atoms with E-state index in [4.69, 9.17) is 15.5 Å². The lowest BCUT2D eigenvalue weighted by atomic mass is 9.90. The van der Waals surface area contributed by atoms with E-state index in [0.717, 1.165) is 25.7 Å². The maximum Gasteiger partial charge on any atom is 0.155 e. The van der Waals surface area contributed by atoms with Gasteiger partial charge in [-0.2, -0.15) is 5.26 Å². The average Bonchev–Trinajstić information content (AvgIpc) is 2.11. The van der Waals surface area contributed by atoms with E-state index < -0.39 is 6.29 Å². The van der Waals surface area contributed by atoms with Gasteiger partial charge in [0, 0.05) is 5.92 Å². The van der Waals surface area contributed by atoms with Crippen molar-refractivity contribution in [1.29, 1.82) is 5.26 Å². The summed E-state index contributed by atoms with van der Waals surface area (Å²) in [4.78, 5) is 0. The largest absolute Gasteiger partial charge is 0.368 e. The Labute approximate surface area is 80.0 Å². The van der Waals surface area contributed by atoms with Gasteiger partial charge >= 0.3 is 0 Å². The maximum atomic E-state index is 8.88. The summed E-state index contributed by atoms with van der Waals surface area (Å²) in [6, 6.07) is 2.12. The monoisotopic (exact) mass is 185 g/mol. The Morgan fingerprint density at radius 3 is 2.31 bits per heavy atom. The summed E-state index contributed by atoms with van der Waals surface area (Å²) in [6.07, 6.45) is 2.61. The Kier molecular flexibility index (Phi) is 6.56. The van der Waals surface area contributed by atoms with Crippen LogP contribution in [0.4, 0.5) is 0 Å². The highest BCUT2D eigenvalue weighted by Crippen LogP contribution is 2.20. The van der Waals surface area contributed by atoms with Crippen molar-refractivity contribution in [3.8, 4) is 6.07 Å². The third-order valence-corrected chi connectivity index (χ3v) is 2.39. The van der Waals surface area contributed by atoms with E-state index in [9.17, 15) is 0 Å². The van der Waals surface area contributed by atoms with Crippen LogP contribution in [0, 0.1) is 23.2 Å². The van der Waals surface area contributed by atoms with Gasteiger partial charge in [0.05, 0.1) is 12.0 Å². The topological polar surface area (TPSA) is 64.2 Å². The van der Waals surface area contributed by atoms with Crippen molar-refractivity contribution in [2.75, 3.05) is 0 Å². The quantitative estimate of drug-likeness (QED) is 0.488. The summed E-state index contributed by atoms with van der Waals surface area (Å²) < 4.78 is 0. The number of hydrogen-bond donors (Lipinski definition) is 2. The molecule has 0 aromatic heterocycles. The second-order valence-corrected chi connectivity index (χ2v) is 3.50. The first-order valence-electron chi connectivity index (χ1n) is 4.89. The van der Waals surface area contributed by atoms with Crippen LogP contribution in [0.3, 0.4) is 0 Å². The SMILES string of the molecule is CCCCCC(C#N)C(C)C(O)O. The molecule has 3 heteroatoms. The van der Waals surface area contributed by atoms with Crippen LogP contribution in [0.5, 0.6) is 0 Å². The first-order valence-corrected chi connectivity index (χ1v) is 4.89. The molecule has 0 heterocycles. The fourth-order valence-electron chi connectivity index (χ4n) is 1.27. The van der Waals surface area contributed by atoms with Crippen LogP contribution in [0.25, 0.3) is 0 Å². The summed E-state index contributed by atoms with van der Waals surface area (Å²) >= 11 is 0. The summed E-state index contributed by atoms with van der Waals surface area (Å²) in [5, 5.41) is 26.5. The minimum atomic E-state index is -1.37. The van der Waals surface area contributed by atoms with Gasteiger partial charge in [0.25, 0.3) is 0 Å². The third-order valence-electron chi connectivity index (χ3n) is 2.39. The van der Waals surface area contributed by atoms with E-state index in [1.165, 1.54) is 0 Å². The lowest BCUT2D eigenvalue weighted by Crippen LogP contribution is -2.24. The molecule has 0 saturated heterocycles. The molecule has 2 unspecified atom stereocenters. The molecule has 2 atom stereocenters. The molecular weight excluding hydrogens is 166 g/mol. The molecule has 0 aromatic carbocycles. The minimum absolute atomic E-state index is 0.230. The summed E-state index contributed by atoms with van der Waals surface area (Å²) in [5.74, 6) is -0.576. The fourth-order valence-corrected chi connectivity index (χ4v) is 1.27. The number of unbranched alkanes of at least 4 members (excludes halogenated alkanes) is 2. The molecule has 0 fully saturated rings. The van der Waals surface area contributed by atoms with E-state index in [-0.39, 0.29) is 11.8 Å². The van der Waals surface area contributed by atoms with Gasteiger partial charge in [0.1, 0.15) is 0 Å². The lowest BCUT2D eigenvalue weighted by molar-refractivity contribution is -0.0892. The minimum Gasteiger partial charge on any atom is -0.368 e. The summed E-state index contributed by atoms with van der Waals surface area (Å²) in [5.41, 5.74) is 0. The van der Waals surface area contributed by atoms with Crippen LogP contribution in [-0.2, 0) is 0 Å². The van der Waals surface area contributed by atoms with Crippen molar-refractivity contribution in [2.24, 2.45) is 11.8 Å². The first-order chi connectivity index (χ1) is 6.13. The molecule has 2 N–H and O–H groups in total. The predicted molar refractivity (Wildman–Crippen MR) is 50.6 cm³/mol. The molecule has 0 aliphatic rings. The normalized spacial score (nSPS) is 15.4. The van der Waals surface area contributed by atoms with Crippen LogP contribution in [0.1, 0.15) is 39.5 Å². The standard InChI is InChI=1S/C10H19NO2/c1-3-4-5-6-9(7-11)8(2)10(12)13/h8-10,12-13H,3-6H2,1-2H3.